The third-order valence-electron chi connectivity index (χ3n) is 3.61. The fraction of sp³-hybridized carbons (Fsp3) is 1.00. The van der Waals surface area contributed by atoms with E-state index >= 15 is 0 Å². The van der Waals surface area contributed by atoms with E-state index in [1.165, 1.54) is 19.3 Å². The SMILES string of the molecule is OC1CCC(CNCCC2CCCO2)C1. The maximum absolute atomic E-state index is 9.38. The molecule has 3 heteroatoms. The van der Waals surface area contributed by atoms with Gasteiger partial charge in [0, 0.05) is 6.61 Å². The van der Waals surface area contributed by atoms with Crippen molar-refractivity contribution >= 4 is 0 Å². The van der Waals surface area contributed by atoms with E-state index in [1.54, 1.807) is 0 Å². The van der Waals surface area contributed by atoms with Gasteiger partial charge >= 0.3 is 0 Å². The Morgan fingerprint density at radius 2 is 2.20 bits per heavy atom. The van der Waals surface area contributed by atoms with Crippen LogP contribution in [0.25, 0.3) is 0 Å². The molecule has 0 bridgehead atoms. The minimum absolute atomic E-state index is 0.0324. The standard InChI is InChI=1S/C12H23NO2/c14-11-4-3-10(8-11)9-13-6-5-12-2-1-7-15-12/h10-14H,1-9H2. The van der Waals surface area contributed by atoms with Crippen molar-refractivity contribution in [3.63, 3.8) is 0 Å². The molecule has 0 amide bonds. The van der Waals surface area contributed by atoms with E-state index < -0.39 is 0 Å². The topological polar surface area (TPSA) is 41.5 Å². The predicted octanol–water partition coefficient (Wildman–Crippen LogP) is 1.31. The lowest BCUT2D eigenvalue weighted by molar-refractivity contribution is 0.104. The molecule has 2 fully saturated rings. The first-order chi connectivity index (χ1) is 7.34. The molecule has 0 aromatic rings. The highest BCUT2D eigenvalue weighted by Gasteiger charge is 2.22. The van der Waals surface area contributed by atoms with Gasteiger partial charge in [-0.05, 0) is 57.5 Å². The van der Waals surface area contributed by atoms with Gasteiger partial charge in [-0.3, -0.25) is 0 Å². The molecule has 88 valence electrons. The molecule has 0 spiro atoms. The van der Waals surface area contributed by atoms with E-state index in [-0.39, 0.29) is 6.10 Å². The summed E-state index contributed by atoms with van der Waals surface area (Å²) in [4.78, 5) is 0. The fourth-order valence-corrected chi connectivity index (χ4v) is 2.68. The molecule has 1 aliphatic heterocycles. The lowest BCUT2D eigenvalue weighted by Gasteiger charge is -2.13. The minimum atomic E-state index is -0.0324. The third-order valence-corrected chi connectivity index (χ3v) is 3.61. The third kappa shape index (κ3) is 3.74. The van der Waals surface area contributed by atoms with Crippen LogP contribution < -0.4 is 5.32 Å². The predicted molar refractivity (Wildman–Crippen MR) is 59.8 cm³/mol. The van der Waals surface area contributed by atoms with Crippen molar-refractivity contribution in [1.29, 1.82) is 0 Å². The van der Waals surface area contributed by atoms with Gasteiger partial charge in [0.15, 0.2) is 0 Å². The summed E-state index contributed by atoms with van der Waals surface area (Å²) in [6, 6.07) is 0. The fourth-order valence-electron chi connectivity index (χ4n) is 2.68. The molecule has 2 N–H and O–H groups in total. The van der Waals surface area contributed by atoms with Crippen molar-refractivity contribution < 1.29 is 9.84 Å². The second-order valence-corrected chi connectivity index (χ2v) is 4.96. The zero-order valence-corrected chi connectivity index (χ0v) is 9.45. The van der Waals surface area contributed by atoms with Gasteiger partial charge in [-0.15, -0.1) is 0 Å². The second kappa shape index (κ2) is 5.83. The molecule has 15 heavy (non-hydrogen) atoms. The van der Waals surface area contributed by atoms with Crippen molar-refractivity contribution in [3.8, 4) is 0 Å². The lowest BCUT2D eigenvalue weighted by atomic mass is 10.1. The van der Waals surface area contributed by atoms with Gasteiger partial charge < -0.3 is 15.2 Å². The van der Waals surface area contributed by atoms with Gasteiger partial charge in [-0.25, -0.2) is 0 Å². The molecule has 0 aromatic heterocycles. The Labute approximate surface area is 92.2 Å². The Kier molecular flexibility index (Phi) is 4.42. The first-order valence-corrected chi connectivity index (χ1v) is 6.35. The highest BCUT2D eigenvalue weighted by molar-refractivity contribution is 4.76. The highest BCUT2D eigenvalue weighted by atomic mass is 16.5. The molecule has 2 rings (SSSR count). The average Bonchev–Trinajstić information content (AvgIpc) is 2.84. The van der Waals surface area contributed by atoms with Crippen LogP contribution >= 0.6 is 0 Å². The molecule has 1 aliphatic carbocycles. The van der Waals surface area contributed by atoms with Crippen molar-refractivity contribution in [2.24, 2.45) is 5.92 Å². The number of hydrogen-bond donors (Lipinski definition) is 2. The minimum Gasteiger partial charge on any atom is -0.393 e. The van der Waals surface area contributed by atoms with Crippen molar-refractivity contribution in [3.05, 3.63) is 0 Å². The second-order valence-electron chi connectivity index (χ2n) is 4.96. The Bertz CT molecular complexity index is 180. The van der Waals surface area contributed by atoms with Crippen LogP contribution in [0.15, 0.2) is 0 Å². The Morgan fingerprint density at radius 1 is 1.27 bits per heavy atom. The van der Waals surface area contributed by atoms with Crippen molar-refractivity contribution in [2.75, 3.05) is 19.7 Å². The number of rotatable bonds is 5. The maximum Gasteiger partial charge on any atom is 0.0588 e. The monoisotopic (exact) mass is 213 g/mol. The lowest BCUT2D eigenvalue weighted by Crippen LogP contribution is -2.25. The molecule has 0 radical (unpaired) electrons. The number of aliphatic hydroxyl groups excluding tert-OH is 1. The summed E-state index contributed by atoms with van der Waals surface area (Å²) in [5, 5.41) is 12.9. The summed E-state index contributed by atoms with van der Waals surface area (Å²) in [6.07, 6.45) is 7.28. The van der Waals surface area contributed by atoms with E-state index in [4.69, 9.17) is 4.74 Å². The van der Waals surface area contributed by atoms with Gasteiger partial charge in [0.25, 0.3) is 0 Å². The molecule has 2 aliphatic rings. The summed E-state index contributed by atoms with van der Waals surface area (Å²) in [5.41, 5.74) is 0. The van der Waals surface area contributed by atoms with Crippen LogP contribution in [0.1, 0.15) is 38.5 Å². The van der Waals surface area contributed by atoms with E-state index in [9.17, 15) is 5.11 Å². The van der Waals surface area contributed by atoms with Crippen molar-refractivity contribution in [1.82, 2.24) is 5.32 Å². The zero-order chi connectivity index (χ0) is 10.5. The smallest absolute Gasteiger partial charge is 0.0588 e. The summed E-state index contributed by atoms with van der Waals surface area (Å²) in [5.74, 6) is 0.699. The molecule has 1 saturated carbocycles. The van der Waals surface area contributed by atoms with Crippen LogP contribution in [-0.2, 0) is 4.74 Å². The van der Waals surface area contributed by atoms with E-state index in [0.717, 1.165) is 39.0 Å². The van der Waals surface area contributed by atoms with Gasteiger partial charge in [0.05, 0.1) is 12.2 Å². The summed E-state index contributed by atoms with van der Waals surface area (Å²) >= 11 is 0. The van der Waals surface area contributed by atoms with E-state index in [0.29, 0.717) is 12.0 Å². The highest BCUT2D eigenvalue weighted by Crippen LogP contribution is 2.24. The normalized spacial score (nSPS) is 36.2. The quantitative estimate of drug-likeness (QED) is 0.677. The molecule has 0 aromatic carbocycles. The first-order valence-electron chi connectivity index (χ1n) is 6.35. The van der Waals surface area contributed by atoms with E-state index in [1.807, 2.05) is 0 Å². The number of hydrogen-bond acceptors (Lipinski definition) is 3. The Morgan fingerprint density at radius 3 is 2.87 bits per heavy atom. The molecule has 3 atom stereocenters. The summed E-state index contributed by atoms with van der Waals surface area (Å²) < 4.78 is 5.56. The Hall–Kier alpha value is -0.120. The van der Waals surface area contributed by atoms with Crippen LogP contribution in [0.4, 0.5) is 0 Å². The molecule has 1 saturated heterocycles. The molecular formula is C12H23NO2. The number of nitrogens with one attached hydrogen (secondary N) is 1. The van der Waals surface area contributed by atoms with Crippen molar-refractivity contribution in [2.45, 2.75) is 50.7 Å². The number of aliphatic hydroxyl groups is 1. The largest absolute Gasteiger partial charge is 0.393 e. The van der Waals surface area contributed by atoms with Crippen LogP contribution in [0, 0.1) is 5.92 Å². The van der Waals surface area contributed by atoms with E-state index in [2.05, 4.69) is 5.32 Å². The first kappa shape index (κ1) is 11.4. The van der Waals surface area contributed by atoms with Crippen LogP contribution in [0.5, 0.6) is 0 Å². The van der Waals surface area contributed by atoms with Crippen LogP contribution in [0.2, 0.25) is 0 Å². The van der Waals surface area contributed by atoms with Gasteiger partial charge in [-0.2, -0.15) is 0 Å². The van der Waals surface area contributed by atoms with Gasteiger partial charge in [-0.1, -0.05) is 0 Å². The molecular weight excluding hydrogens is 190 g/mol. The Balaban J connectivity index is 1.48. The molecule has 1 heterocycles. The van der Waals surface area contributed by atoms with Gasteiger partial charge in [0.2, 0.25) is 0 Å². The summed E-state index contributed by atoms with van der Waals surface area (Å²) in [6.45, 7) is 3.10. The summed E-state index contributed by atoms with van der Waals surface area (Å²) in [7, 11) is 0. The van der Waals surface area contributed by atoms with Crippen LogP contribution in [0.3, 0.4) is 0 Å². The average molecular weight is 213 g/mol. The number of ether oxygens (including phenoxy) is 1. The van der Waals surface area contributed by atoms with Crippen LogP contribution in [-0.4, -0.2) is 37.0 Å². The molecule has 3 nitrogen and oxygen atoms in total. The zero-order valence-electron chi connectivity index (χ0n) is 9.45. The maximum atomic E-state index is 9.38. The van der Waals surface area contributed by atoms with Gasteiger partial charge in [0.1, 0.15) is 0 Å². The molecule has 3 unspecified atom stereocenters.